The first-order chi connectivity index (χ1) is 10.8. The lowest BCUT2D eigenvalue weighted by atomic mass is 10.2. The Labute approximate surface area is 135 Å². The Hall–Kier alpha value is -1.71. The second kappa shape index (κ2) is 7.24. The number of hydrogen-bond donors (Lipinski definition) is 0. The van der Waals surface area contributed by atoms with Gasteiger partial charge in [0.1, 0.15) is 0 Å². The van der Waals surface area contributed by atoms with Crippen molar-refractivity contribution in [1.29, 1.82) is 0 Å². The van der Waals surface area contributed by atoms with Crippen LogP contribution in [-0.2, 0) is 14.8 Å². The first kappa shape index (κ1) is 17.6. The van der Waals surface area contributed by atoms with Crippen LogP contribution in [0.1, 0.15) is 13.8 Å². The van der Waals surface area contributed by atoms with E-state index >= 15 is 0 Å². The zero-order valence-corrected chi connectivity index (χ0v) is 13.9. The number of nitrogens with zero attached hydrogens (tertiary/aromatic N) is 2. The zero-order valence-electron chi connectivity index (χ0n) is 13.1. The summed E-state index contributed by atoms with van der Waals surface area (Å²) in [5.74, 6) is 0.274. The highest BCUT2D eigenvalue weighted by atomic mass is 32.2. The minimum Gasteiger partial charge on any atom is -0.487 e. The summed E-state index contributed by atoms with van der Waals surface area (Å²) in [6.45, 7) is 5.26. The van der Waals surface area contributed by atoms with E-state index in [2.05, 4.69) is 0 Å². The second-order valence-electron chi connectivity index (χ2n) is 5.61. The SMILES string of the molecule is CC(C)COc1ccc(S(=O)(=O)N2CCOCC2)cc1[N+](=O)[O-]. The number of morpholine rings is 1. The van der Waals surface area contributed by atoms with E-state index in [-0.39, 0.29) is 35.3 Å². The molecule has 0 amide bonds. The molecule has 1 fully saturated rings. The minimum absolute atomic E-state index is 0.0737. The maximum absolute atomic E-state index is 12.5. The molecule has 2 rings (SSSR count). The van der Waals surface area contributed by atoms with Crippen LogP contribution < -0.4 is 4.74 Å². The number of benzene rings is 1. The molecule has 8 nitrogen and oxygen atoms in total. The van der Waals surface area contributed by atoms with Crippen LogP contribution in [0.25, 0.3) is 0 Å². The van der Waals surface area contributed by atoms with E-state index in [1.54, 1.807) is 0 Å². The van der Waals surface area contributed by atoms with Crippen molar-refractivity contribution in [2.45, 2.75) is 18.7 Å². The summed E-state index contributed by atoms with van der Waals surface area (Å²) in [7, 11) is -3.77. The van der Waals surface area contributed by atoms with Gasteiger partial charge in [-0.15, -0.1) is 0 Å². The predicted octanol–water partition coefficient (Wildman–Crippen LogP) is 1.65. The van der Waals surface area contributed by atoms with E-state index in [1.807, 2.05) is 13.8 Å². The van der Waals surface area contributed by atoms with Crippen molar-refractivity contribution in [2.24, 2.45) is 5.92 Å². The van der Waals surface area contributed by atoms with Crippen LogP contribution in [-0.4, -0.2) is 50.6 Å². The highest BCUT2D eigenvalue weighted by Gasteiger charge is 2.29. The normalized spacial score (nSPS) is 16.5. The molecule has 128 valence electrons. The Morgan fingerprint density at radius 2 is 2.00 bits per heavy atom. The fourth-order valence-electron chi connectivity index (χ4n) is 2.11. The van der Waals surface area contributed by atoms with Crippen molar-refractivity contribution < 1.29 is 22.8 Å². The number of nitro benzene ring substituents is 1. The zero-order chi connectivity index (χ0) is 17.0. The van der Waals surface area contributed by atoms with Crippen molar-refractivity contribution in [3.63, 3.8) is 0 Å². The summed E-state index contributed by atoms with van der Waals surface area (Å²) in [5.41, 5.74) is -0.347. The van der Waals surface area contributed by atoms with Gasteiger partial charge in [-0.1, -0.05) is 13.8 Å². The van der Waals surface area contributed by atoms with Gasteiger partial charge in [-0.05, 0) is 18.1 Å². The lowest BCUT2D eigenvalue weighted by Crippen LogP contribution is -2.40. The molecule has 0 radical (unpaired) electrons. The van der Waals surface area contributed by atoms with E-state index in [0.29, 0.717) is 19.8 Å². The van der Waals surface area contributed by atoms with E-state index < -0.39 is 14.9 Å². The van der Waals surface area contributed by atoms with Gasteiger partial charge in [0.2, 0.25) is 10.0 Å². The molecule has 9 heteroatoms. The maximum atomic E-state index is 12.5. The van der Waals surface area contributed by atoms with Crippen LogP contribution in [0.2, 0.25) is 0 Å². The number of ether oxygens (including phenoxy) is 2. The largest absolute Gasteiger partial charge is 0.487 e. The quantitative estimate of drug-likeness (QED) is 0.575. The average Bonchev–Trinajstić information content (AvgIpc) is 2.53. The molecule has 1 heterocycles. The molecule has 0 atom stereocenters. The maximum Gasteiger partial charge on any atom is 0.312 e. The summed E-state index contributed by atoms with van der Waals surface area (Å²) in [6.07, 6.45) is 0. The highest BCUT2D eigenvalue weighted by Crippen LogP contribution is 2.31. The lowest BCUT2D eigenvalue weighted by Gasteiger charge is -2.26. The Kier molecular flexibility index (Phi) is 5.55. The van der Waals surface area contributed by atoms with Gasteiger partial charge in [0.15, 0.2) is 5.75 Å². The van der Waals surface area contributed by atoms with Gasteiger partial charge in [0.25, 0.3) is 0 Å². The lowest BCUT2D eigenvalue weighted by molar-refractivity contribution is -0.386. The molecular weight excluding hydrogens is 324 g/mol. The smallest absolute Gasteiger partial charge is 0.312 e. The van der Waals surface area contributed by atoms with Crippen LogP contribution in [0.4, 0.5) is 5.69 Å². The van der Waals surface area contributed by atoms with Crippen LogP contribution in [0, 0.1) is 16.0 Å². The summed E-state index contributed by atoms with van der Waals surface area (Å²) in [4.78, 5) is 10.5. The van der Waals surface area contributed by atoms with Crippen molar-refractivity contribution in [2.75, 3.05) is 32.9 Å². The Morgan fingerprint density at radius 3 is 2.57 bits per heavy atom. The van der Waals surface area contributed by atoms with Gasteiger partial charge in [0.05, 0.1) is 29.6 Å². The molecule has 0 unspecified atom stereocenters. The fourth-order valence-corrected chi connectivity index (χ4v) is 3.54. The molecular formula is C14H20N2O6S. The topological polar surface area (TPSA) is 99.0 Å². The van der Waals surface area contributed by atoms with Crippen molar-refractivity contribution in [3.8, 4) is 5.75 Å². The fraction of sp³-hybridized carbons (Fsp3) is 0.571. The molecule has 0 N–H and O–H groups in total. The minimum atomic E-state index is -3.77. The Morgan fingerprint density at radius 1 is 1.35 bits per heavy atom. The Balaban J connectivity index is 2.32. The number of nitro groups is 1. The first-order valence-electron chi connectivity index (χ1n) is 7.31. The number of rotatable bonds is 6. The molecule has 0 bridgehead atoms. The molecule has 0 saturated carbocycles. The van der Waals surface area contributed by atoms with Crippen molar-refractivity contribution >= 4 is 15.7 Å². The third-order valence-electron chi connectivity index (χ3n) is 3.31. The van der Waals surface area contributed by atoms with Crippen LogP contribution in [0.5, 0.6) is 5.75 Å². The summed E-state index contributed by atoms with van der Waals surface area (Å²) in [5, 5.41) is 11.2. The van der Waals surface area contributed by atoms with E-state index in [0.717, 1.165) is 6.07 Å². The van der Waals surface area contributed by atoms with Gasteiger partial charge < -0.3 is 9.47 Å². The van der Waals surface area contributed by atoms with Gasteiger partial charge in [0, 0.05) is 19.2 Å². The van der Waals surface area contributed by atoms with E-state index in [4.69, 9.17) is 9.47 Å². The molecule has 1 aliphatic heterocycles. The highest BCUT2D eigenvalue weighted by molar-refractivity contribution is 7.89. The van der Waals surface area contributed by atoms with Crippen LogP contribution in [0.3, 0.4) is 0 Å². The molecule has 1 aliphatic rings. The molecule has 23 heavy (non-hydrogen) atoms. The van der Waals surface area contributed by atoms with Crippen LogP contribution >= 0.6 is 0 Å². The summed E-state index contributed by atoms with van der Waals surface area (Å²) in [6, 6.07) is 3.74. The number of hydrogen-bond acceptors (Lipinski definition) is 6. The molecule has 0 aliphatic carbocycles. The summed E-state index contributed by atoms with van der Waals surface area (Å²) >= 11 is 0. The second-order valence-corrected chi connectivity index (χ2v) is 7.55. The predicted molar refractivity (Wildman–Crippen MR) is 83.0 cm³/mol. The molecule has 0 spiro atoms. The molecule has 1 saturated heterocycles. The van der Waals surface area contributed by atoms with E-state index in [9.17, 15) is 18.5 Å². The third kappa shape index (κ3) is 4.18. The average molecular weight is 344 g/mol. The van der Waals surface area contributed by atoms with Crippen molar-refractivity contribution in [1.82, 2.24) is 4.31 Å². The van der Waals surface area contributed by atoms with Crippen molar-refractivity contribution in [3.05, 3.63) is 28.3 Å². The number of sulfonamides is 1. The van der Waals surface area contributed by atoms with Gasteiger partial charge >= 0.3 is 5.69 Å². The van der Waals surface area contributed by atoms with Crippen LogP contribution in [0.15, 0.2) is 23.1 Å². The van der Waals surface area contributed by atoms with Gasteiger partial charge in [-0.3, -0.25) is 10.1 Å². The van der Waals surface area contributed by atoms with Gasteiger partial charge in [-0.2, -0.15) is 4.31 Å². The van der Waals surface area contributed by atoms with Gasteiger partial charge in [-0.25, -0.2) is 8.42 Å². The molecule has 1 aromatic carbocycles. The standard InChI is InChI=1S/C14H20N2O6S/c1-11(2)10-22-14-4-3-12(9-13(14)16(17)18)23(19,20)15-5-7-21-8-6-15/h3-4,9,11H,5-8,10H2,1-2H3. The third-order valence-corrected chi connectivity index (χ3v) is 5.20. The first-order valence-corrected chi connectivity index (χ1v) is 8.75. The summed E-state index contributed by atoms with van der Waals surface area (Å²) < 4.78 is 36.9. The molecule has 0 aromatic heterocycles. The monoisotopic (exact) mass is 344 g/mol. The van der Waals surface area contributed by atoms with E-state index in [1.165, 1.54) is 16.4 Å². The molecule has 1 aromatic rings. The Bertz CT molecular complexity index is 668.